The Morgan fingerprint density at radius 1 is 1.35 bits per heavy atom. The summed E-state index contributed by atoms with van der Waals surface area (Å²) in [4.78, 5) is 0. The molecule has 3 rings (SSSR count). The predicted octanol–water partition coefficient (Wildman–Crippen LogP) is 2.77. The molecule has 1 aliphatic carbocycles. The zero-order chi connectivity index (χ0) is 11.7. The number of hydrogen-bond donors (Lipinski definition) is 1. The van der Waals surface area contributed by atoms with Crippen LogP contribution < -0.4 is 10.1 Å². The molecule has 2 aliphatic rings. The molecule has 1 N–H and O–H groups in total. The monoisotopic (exact) mass is 231 g/mol. The second-order valence-corrected chi connectivity index (χ2v) is 5.54. The van der Waals surface area contributed by atoms with Crippen LogP contribution in [-0.2, 0) is 6.42 Å². The van der Waals surface area contributed by atoms with Crippen LogP contribution >= 0.6 is 0 Å². The van der Waals surface area contributed by atoms with Crippen molar-refractivity contribution in [1.82, 2.24) is 5.32 Å². The minimum Gasteiger partial charge on any atom is -0.488 e. The fraction of sp³-hybridized carbons (Fsp3) is 0.600. The molecule has 1 atom stereocenters. The van der Waals surface area contributed by atoms with E-state index in [-0.39, 0.29) is 0 Å². The van der Waals surface area contributed by atoms with E-state index in [1.807, 2.05) is 6.07 Å². The van der Waals surface area contributed by atoms with E-state index in [0.717, 1.165) is 18.7 Å². The lowest BCUT2D eigenvalue weighted by atomic mass is 10.0. The Bertz CT molecular complexity index is 373. The molecule has 0 bridgehead atoms. The summed E-state index contributed by atoms with van der Waals surface area (Å²) in [5, 5.41) is 3.59. The maximum atomic E-state index is 5.91. The number of para-hydroxylation sites is 1. The van der Waals surface area contributed by atoms with Gasteiger partial charge in [-0.1, -0.05) is 25.1 Å². The van der Waals surface area contributed by atoms with E-state index in [0.29, 0.717) is 11.5 Å². The minimum absolute atomic E-state index is 0.333. The summed E-state index contributed by atoms with van der Waals surface area (Å²) in [6.07, 6.45) is 5.51. The van der Waals surface area contributed by atoms with Gasteiger partial charge in [0.2, 0.25) is 0 Å². The van der Waals surface area contributed by atoms with Gasteiger partial charge < -0.3 is 10.1 Å². The minimum atomic E-state index is 0.333. The van der Waals surface area contributed by atoms with Crippen LogP contribution in [0.15, 0.2) is 24.3 Å². The van der Waals surface area contributed by atoms with Gasteiger partial charge in [-0.15, -0.1) is 0 Å². The standard InChI is InChI=1S/C15H21NO/c1-2-15(7-8-15)11-16-10-13-9-12-5-3-4-6-14(12)17-13/h3-6,13,16H,2,7-11H2,1H3. The van der Waals surface area contributed by atoms with E-state index >= 15 is 0 Å². The Morgan fingerprint density at radius 2 is 2.18 bits per heavy atom. The first kappa shape index (κ1) is 11.1. The molecule has 1 aliphatic heterocycles. The van der Waals surface area contributed by atoms with Crippen molar-refractivity contribution in [2.24, 2.45) is 5.41 Å². The molecule has 2 nitrogen and oxygen atoms in total. The Hall–Kier alpha value is -1.02. The summed E-state index contributed by atoms with van der Waals surface area (Å²) in [6, 6.07) is 8.38. The molecule has 1 aromatic carbocycles. The average Bonchev–Trinajstić information content (AvgIpc) is 3.01. The molecule has 0 spiro atoms. The van der Waals surface area contributed by atoms with Crippen molar-refractivity contribution < 1.29 is 4.74 Å². The molecule has 92 valence electrons. The molecule has 0 radical (unpaired) electrons. The second kappa shape index (κ2) is 4.34. The van der Waals surface area contributed by atoms with Crippen LogP contribution in [0, 0.1) is 5.41 Å². The van der Waals surface area contributed by atoms with Crippen LogP contribution in [0.2, 0.25) is 0 Å². The van der Waals surface area contributed by atoms with E-state index in [9.17, 15) is 0 Å². The molecule has 1 aromatic rings. The van der Waals surface area contributed by atoms with Gasteiger partial charge in [-0.25, -0.2) is 0 Å². The van der Waals surface area contributed by atoms with Crippen LogP contribution in [0.4, 0.5) is 0 Å². The zero-order valence-electron chi connectivity index (χ0n) is 10.5. The summed E-state index contributed by atoms with van der Waals surface area (Å²) < 4.78 is 5.91. The highest BCUT2D eigenvalue weighted by atomic mass is 16.5. The third-order valence-electron chi connectivity index (χ3n) is 4.29. The van der Waals surface area contributed by atoms with Gasteiger partial charge >= 0.3 is 0 Å². The highest BCUT2D eigenvalue weighted by Crippen LogP contribution is 2.47. The van der Waals surface area contributed by atoms with Crippen molar-refractivity contribution in [2.45, 2.75) is 38.7 Å². The lowest BCUT2D eigenvalue weighted by Crippen LogP contribution is -2.33. The highest BCUT2D eigenvalue weighted by molar-refractivity contribution is 5.37. The van der Waals surface area contributed by atoms with Crippen LogP contribution in [0.1, 0.15) is 31.7 Å². The molecule has 1 saturated carbocycles. The van der Waals surface area contributed by atoms with Gasteiger partial charge in [-0.3, -0.25) is 0 Å². The normalized spacial score (nSPS) is 24.2. The van der Waals surface area contributed by atoms with Crippen molar-refractivity contribution in [1.29, 1.82) is 0 Å². The average molecular weight is 231 g/mol. The van der Waals surface area contributed by atoms with E-state index in [2.05, 4.69) is 30.4 Å². The van der Waals surface area contributed by atoms with Crippen LogP contribution in [0.5, 0.6) is 5.75 Å². The van der Waals surface area contributed by atoms with Gasteiger partial charge in [0.15, 0.2) is 0 Å². The second-order valence-electron chi connectivity index (χ2n) is 5.54. The van der Waals surface area contributed by atoms with E-state index in [1.165, 1.54) is 31.4 Å². The molecular formula is C15H21NO. The summed E-state index contributed by atoms with van der Waals surface area (Å²) in [7, 11) is 0. The van der Waals surface area contributed by atoms with Gasteiger partial charge in [-0.2, -0.15) is 0 Å². The van der Waals surface area contributed by atoms with Crippen molar-refractivity contribution >= 4 is 0 Å². The fourth-order valence-electron chi connectivity index (χ4n) is 2.70. The molecule has 1 heterocycles. The molecule has 2 heteroatoms. The lowest BCUT2D eigenvalue weighted by Gasteiger charge is -2.16. The summed E-state index contributed by atoms with van der Waals surface area (Å²) in [5.74, 6) is 1.08. The Labute approximate surface area is 103 Å². The van der Waals surface area contributed by atoms with Gasteiger partial charge in [0.05, 0.1) is 0 Å². The van der Waals surface area contributed by atoms with Crippen LogP contribution in [0.3, 0.4) is 0 Å². The Kier molecular flexibility index (Phi) is 2.83. The third kappa shape index (κ3) is 2.32. The molecule has 0 amide bonds. The number of rotatable bonds is 5. The first-order valence-electron chi connectivity index (χ1n) is 6.77. The lowest BCUT2D eigenvalue weighted by molar-refractivity contribution is 0.223. The maximum Gasteiger partial charge on any atom is 0.123 e. The number of hydrogen-bond acceptors (Lipinski definition) is 2. The summed E-state index contributed by atoms with van der Waals surface area (Å²) >= 11 is 0. The molecular weight excluding hydrogens is 210 g/mol. The predicted molar refractivity (Wildman–Crippen MR) is 69.4 cm³/mol. The molecule has 17 heavy (non-hydrogen) atoms. The van der Waals surface area contributed by atoms with Crippen LogP contribution in [-0.4, -0.2) is 19.2 Å². The van der Waals surface area contributed by atoms with E-state index in [1.54, 1.807) is 0 Å². The molecule has 1 unspecified atom stereocenters. The molecule has 1 fully saturated rings. The summed E-state index contributed by atoms with van der Waals surface area (Å²) in [6.45, 7) is 4.45. The number of ether oxygens (including phenoxy) is 1. The van der Waals surface area contributed by atoms with Crippen molar-refractivity contribution in [2.75, 3.05) is 13.1 Å². The quantitative estimate of drug-likeness (QED) is 0.841. The maximum absolute atomic E-state index is 5.91. The largest absolute Gasteiger partial charge is 0.488 e. The topological polar surface area (TPSA) is 21.3 Å². The van der Waals surface area contributed by atoms with E-state index < -0.39 is 0 Å². The van der Waals surface area contributed by atoms with Gasteiger partial charge in [0.25, 0.3) is 0 Å². The SMILES string of the molecule is CCC1(CNCC2Cc3ccccc3O2)CC1. The molecule has 0 aromatic heterocycles. The number of benzene rings is 1. The smallest absolute Gasteiger partial charge is 0.123 e. The van der Waals surface area contributed by atoms with Crippen molar-refractivity contribution in [3.63, 3.8) is 0 Å². The Balaban J connectivity index is 1.46. The van der Waals surface area contributed by atoms with Crippen molar-refractivity contribution in [3.8, 4) is 5.75 Å². The van der Waals surface area contributed by atoms with Crippen LogP contribution in [0.25, 0.3) is 0 Å². The zero-order valence-corrected chi connectivity index (χ0v) is 10.5. The van der Waals surface area contributed by atoms with Gasteiger partial charge in [0, 0.05) is 19.5 Å². The van der Waals surface area contributed by atoms with Gasteiger partial charge in [0.1, 0.15) is 11.9 Å². The van der Waals surface area contributed by atoms with Gasteiger partial charge in [-0.05, 0) is 36.3 Å². The van der Waals surface area contributed by atoms with Crippen molar-refractivity contribution in [3.05, 3.63) is 29.8 Å². The number of fused-ring (bicyclic) bond motifs is 1. The Morgan fingerprint density at radius 3 is 2.88 bits per heavy atom. The summed E-state index contributed by atoms with van der Waals surface area (Å²) in [5.41, 5.74) is 1.99. The highest BCUT2D eigenvalue weighted by Gasteiger charge is 2.40. The third-order valence-corrected chi connectivity index (χ3v) is 4.29. The molecule has 0 saturated heterocycles. The first-order valence-corrected chi connectivity index (χ1v) is 6.77. The number of nitrogens with one attached hydrogen (secondary N) is 1. The first-order chi connectivity index (χ1) is 8.31. The van der Waals surface area contributed by atoms with E-state index in [4.69, 9.17) is 4.74 Å². The fourth-order valence-corrected chi connectivity index (χ4v) is 2.70.